The molecule has 0 amide bonds. The van der Waals surface area contributed by atoms with Gasteiger partial charge >= 0.3 is 0 Å². The van der Waals surface area contributed by atoms with Crippen LogP contribution in [0.5, 0.6) is 0 Å². The van der Waals surface area contributed by atoms with Gasteiger partial charge in [-0.05, 0) is 31.2 Å². The molecule has 0 saturated heterocycles. The van der Waals surface area contributed by atoms with Gasteiger partial charge in [0.15, 0.2) is 0 Å². The lowest BCUT2D eigenvalue weighted by atomic mass is 10.2. The zero-order valence-corrected chi connectivity index (χ0v) is 10.9. The third-order valence-corrected chi connectivity index (χ3v) is 3.79. The predicted octanol–water partition coefficient (Wildman–Crippen LogP) is 4.69. The number of benzene rings is 2. The lowest BCUT2D eigenvalue weighted by Crippen LogP contribution is -1.80. The standard InChI is InChI=1S/C16H13NS/c1-12-6-8-14(9-7-12)18-15-10-13-4-2-3-5-16(13)17-11-15/h2-11H,1H3. The van der Waals surface area contributed by atoms with Crippen LogP contribution in [0.25, 0.3) is 10.9 Å². The molecule has 0 unspecified atom stereocenters. The SMILES string of the molecule is Cc1ccc(Sc2cnc3ccccc3c2)cc1. The summed E-state index contributed by atoms with van der Waals surface area (Å²) in [5, 5.41) is 1.19. The highest BCUT2D eigenvalue weighted by molar-refractivity contribution is 7.99. The van der Waals surface area contributed by atoms with Crippen molar-refractivity contribution in [2.24, 2.45) is 0 Å². The van der Waals surface area contributed by atoms with Gasteiger partial charge in [-0.15, -0.1) is 0 Å². The zero-order valence-electron chi connectivity index (χ0n) is 10.1. The number of hydrogen-bond donors (Lipinski definition) is 0. The van der Waals surface area contributed by atoms with Gasteiger partial charge in [-0.1, -0.05) is 47.7 Å². The molecule has 3 rings (SSSR count). The maximum atomic E-state index is 4.47. The number of hydrogen-bond acceptors (Lipinski definition) is 2. The lowest BCUT2D eigenvalue weighted by molar-refractivity contribution is 1.29. The molecule has 2 aromatic carbocycles. The Balaban J connectivity index is 1.92. The summed E-state index contributed by atoms with van der Waals surface area (Å²) in [4.78, 5) is 6.90. The average Bonchev–Trinajstić information content (AvgIpc) is 2.41. The first-order chi connectivity index (χ1) is 8.81. The quantitative estimate of drug-likeness (QED) is 0.655. The third kappa shape index (κ3) is 2.39. The van der Waals surface area contributed by atoms with E-state index in [-0.39, 0.29) is 0 Å². The van der Waals surface area contributed by atoms with Crippen molar-refractivity contribution in [1.29, 1.82) is 0 Å². The van der Waals surface area contributed by atoms with Crippen LogP contribution in [-0.2, 0) is 0 Å². The third-order valence-electron chi connectivity index (χ3n) is 2.82. The summed E-state index contributed by atoms with van der Waals surface area (Å²) in [6.07, 6.45) is 1.94. The largest absolute Gasteiger partial charge is 0.255 e. The maximum absolute atomic E-state index is 4.47. The zero-order chi connectivity index (χ0) is 12.4. The van der Waals surface area contributed by atoms with Crippen LogP contribution in [-0.4, -0.2) is 4.98 Å². The highest BCUT2D eigenvalue weighted by Crippen LogP contribution is 2.29. The lowest BCUT2D eigenvalue weighted by Gasteiger charge is -2.03. The van der Waals surface area contributed by atoms with E-state index >= 15 is 0 Å². The highest BCUT2D eigenvalue weighted by Gasteiger charge is 2.00. The molecule has 1 aromatic heterocycles. The van der Waals surface area contributed by atoms with Crippen molar-refractivity contribution in [2.75, 3.05) is 0 Å². The van der Waals surface area contributed by atoms with Crippen LogP contribution >= 0.6 is 11.8 Å². The van der Waals surface area contributed by atoms with Gasteiger partial charge in [0, 0.05) is 21.4 Å². The van der Waals surface area contributed by atoms with Crippen LogP contribution in [0.15, 0.2) is 70.6 Å². The molecule has 0 radical (unpaired) electrons. The number of nitrogens with zero attached hydrogens (tertiary/aromatic N) is 1. The normalized spacial score (nSPS) is 10.7. The molecule has 0 spiro atoms. The van der Waals surface area contributed by atoms with Crippen LogP contribution < -0.4 is 0 Å². The maximum Gasteiger partial charge on any atom is 0.0702 e. The molecule has 0 saturated carbocycles. The van der Waals surface area contributed by atoms with E-state index in [0.717, 1.165) is 5.52 Å². The summed E-state index contributed by atoms with van der Waals surface area (Å²) in [7, 11) is 0. The van der Waals surface area contributed by atoms with E-state index in [2.05, 4.69) is 48.3 Å². The van der Waals surface area contributed by atoms with Gasteiger partial charge in [0.05, 0.1) is 5.52 Å². The van der Waals surface area contributed by atoms with Gasteiger partial charge in [-0.25, -0.2) is 0 Å². The van der Waals surface area contributed by atoms with Gasteiger partial charge in [-0.2, -0.15) is 0 Å². The fraction of sp³-hybridized carbons (Fsp3) is 0.0625. The Hall–Kier alpha value is -1.80. The van der Waals surface area contributed by atoms with Gasteiger partial charge in [0.1, 0.15) is 0 Å². The summed E-state index contributed by atoms with van der Waals surface area (Å²) < 4.78 is 0. The average molecular weight is 251 g/mol. The van der Waals surface area contributed by atoms with Crippen LogP contribution in [0.2, 0.25) is 0 Å². The Labute approximate surface area is 111 Å². The van der Waals surface area contributed by atoms with Gasteiger partial charge in [0.2, 0.25) is 0 Å². The topological polar surface area (TPSA) is 12.9 Å². The van der Waals surface area contributed by atoms with Crippen molar-refractivity contribution in [1.82, 2.24) is 4.98 Å². The molecule has 1 nitrogen and oxygen atoms in total. The Morgan fingerprint density at radius 1 is 0.889 bits per heavy atom. The summed E-state index contributed by atoms with van der Waals surface area (Å²) in [6, 6.07) is 19.0. The monoisotopic (exact) mass is 251 g/mol. The summed E-state index contributed by atoms with van der Waals surface area (Å²) in [6.45, 7) is 2.10. The Morgan fingerprint density at radius 3 is 2.50 bits per heavy atom. The molecule has 0 atom stereocenters. The molecule has 0 bridgehead atoms. The summed E-state index contributed by atoms with van der Waals surface area (Å²) >= 11 is 1.75. The van der Waals surface area contributed by atoms with Gasteiger partial charge in [0.25, 0.3) is 0 Å². The van der Waals surface area contributed by atoms with Gasteiger partial charge in [-0.3, -0.25) is 4.98 Å². The molecule has 2 heteroatoms. The second-order valence-electron chi connectivity index (χ2n) is 4.28. The van der Waals surface area contributed by atoms with E-state index in [1.807, 2.05) is 24.4 Å². The van der Waals surface area contributed by atoms with Crippen molar-refractivity contribution in [3.8, 4) is 0 Å². The fourth-order valence-electron chi connectivity index (χ4n) is 1.85. The van der Waals surface area contributed by atoms with E-state index in [4.69, 9.17) is 0 Å². The molecule has 3 aromatic rings. The molecular weight excluding hydrogens is 238 g/mol. The second kappa shape index (κ2) is 4.83. The van der Waals surface area contributed by atoms with Crippen LogP contribution in [0.3, 0.4) is 0 Å². The molecule has 1 heterocycles. The first-order valence-corrected chi connectivity index (χ1v) is 6.72. The Kier molecular flexibility index (Phi) is 3.03. The van der Waals surface area contributed by atoms with E-state index in [1.54, 1.807) is 11.8 Å². The first kappa shape index (κ1) is 11.3. The molecule has 18 heavy (non-hydrogen) atoms. The highest BCUT2D eigenvalue weighted by atomic mass is 32.2. The minimum absolute atomic E-state index is 1.05. The number of aromatic nitrogens is 1. The van der Waals surface area contributed by atoms with E-state index < -0.39 is 0 Å². The summed E-state index contributed by atoms with van der Waals surface area (Å²) in [5.41, 5.74) is 2.33. The second-order valence-corrected chi connectivity index (χ2v) is 5.43. The first-order valence-electron chi connectivity index (χ1n) is 5.90. The molecule has 0 aliphatic carbocycles. The van der Waals surface area contributed by atoms with Crippen molar-refractivity contribution in [2.45, 2.75) is 16.7 Å². The van der Waals surface area contributed by atoms with E-state index in [0.29, 0.717) is 0 Å². The summed E-state index contributed by atoms with van der Waals surface area (Å²) in [5.74, 6) is 0. The molecule has 0 aliphatic rings. The minimum atomic E-state index is 1.05. The number of fused-ring (bicyclic) bond motifs is 1. The molecule has 0 fully saturated rings. The van der Waals surface area contributed by atoms with Crippen molar-refractivity contribution < 1.29 is 0 Å². The van der Waals surface area contributed by atoms with Gasteiger partial charge < -0.3 is 0 Å². The molecule has 0 aliphatic heterocycles. The van der Waals surface area contributed by atoms with Crippen LogP contribution in [0, 0.1) is 6.92 Å². The number of para-hydroxylation sites is 1. The van der Waals surface area contributed by atoms with Crippen molar-refractivity contribution in [3.05, 3.63) is 66.4 Å². The Bertz CT molecular complexity index is 674. The van der Waals surface area contributed by atoms with E-state index in [1.165, 1.54) is 20.7 Å². The Morgan fingerprint density at radius 2 is 1.67 bits per heavy atom. The molecular formula is C16H13NS. The number of aryl methyl sites for hydroxylation is 1. The number of pyridine rings is 1. The predicted molar refractivity (Wildman–Crippen MR) is 77.0 cm³/mol. The minimum Gasteiger partial charge on any atom is -0.255 e. The smallest absolute Gasteiger partial charge is 0.0702 e. The van der Waals surface area contributed by atoms with E-state index in [9.17, 15) is 0 Å². The van der Waals surface area contributed by atoms with Crippen molar-refractivity contribution in [3.63, 3.8) is 0 Å². The fourth-order valence-corrected chi connectivity index (χ4v) is 2.68. The molecule has 88 valence electrons. The molecule has 0 N–H and O–H groups in total. The number of rotatable bonds is 2. The van der Waals surface area contributed by atoms with Crippen LogP contribution in [0.1, 0.15) is 5.56 Å². The van der Waals surface area contributed by atoms with Crippen molar-refractivity contribution >= 4 is 22.7 Å². The van der Waals surface area contributed by atoms with Crippen LogP contribution in [0.4, 0.5) is 0 Å².